The van der Waals surface area contributed by atoms with Crippen LogP contribution in [-0.4, -0.2) is 32.2 Å². The Hall–Kier alpha value is -0.120. The van der Waals surface area contributed by atoms with Crippen LogP contribution in [0.2, 0.25) is 0 Å². The van der Waals surface area contributed by atoms with Crippen LogP contribution in [0.4, 0.5) is 0 Å². The quantitative estimate of drug-likeness (QED) is 0.702. The van der Waals surface area contributed by atoms with E-state index in [1.54, 1.807) is 7.11 Å². The minimum atomic E-state index is -0.361. The van der Waals surface area contributed by atoms with E-state index in [1.807, 2.05) is 0 Å². The van der Waals surface area contributed by atoms with Gasteiger partial charge in [0.05, 0.1) is 12.7 Å². The Kier molecular flexibility index (Phi) is 5.73. The molecule has 1 rings (SSSR count). The molecule has 1 aliphatic rings. The third-order valence-corrected chi connectivity index (χ3v) is 3.32. The molecule has 0 radical (unpaired) electrons. The lowest BCUT2D eigenvalue weighted by atomic mass is 9.90. The SMILES string of the molecule is CCCOC1COC(CCC)(OC)C[C@@H]1C. The highest BCUT2D eigenvalue weighted by Gasteiger charge is 2.40. The fraction of sp³-hybridized carbons (Fsp3) is 1.00. The van der Waals surface area contributed by atoms with E-state index < -0.39 is 0 Å². The van der Waals surface area contributed by atoms with Crippen LogP contribution in [0.5, 0.6) is 0 Å². The minimum absolute atomic E-state index is 0.236. The van der Waals surface area contributed by atoms with Gasteiger partial charge in [-0.1, -0.05) is 27.2 Å². The molecule has 1 heterocycles. The minimum Gasteiger partial charge on any atom is -0.376 e. The standard InChI is InChI=1S/C13H26O3/c1-5-7-13(14-4)9-11(3)12(10-16-13)15-8-6-2/h11-12H,5-10H2,1-4H3/t11-,12?,13?/m0/s1. The lowest BCUT2D eigenvalue weighted by Crippen LogP contribution is -2.47. The summed E-state index contributed by atoms with van der Waals surface area (Å²) in [7, 11) is 1.75. The summed E-state index contributed by atoms with van der Waals surface area (Å²) in [6, 6.07) is 0. The van der Waals surface area contributed by atoms with Gasteiger partial charge in [-0.3, -0.25) is 0 Å². The second-order valence-electron chi connectivity index (χ2n) is 4.77. The second-order valence-corrected chi connectivity index (χ2v) is 4.77. The Morgan fingerprint density at radius 1 is 1.31 bits per heavy atom. The summed E-state index contributed by atoms with van der Waals surface area (Å²) >= 11 is 0. The van der Waals surface area contributed by atoms with E-state index in [1.165, 1.54) is 0 Å². The molecule has 16 heavy (non-hydrogen) atoms. The van der Waals surface area contributed by atoms with Crippen LogP contribution < -0.4 is 0 Å². The Labute approximate surface area is 99.5 Å². The molecule has 0 bridgehead atoms. The van der Waals surface area contributed by atoms with E-state index >= 15 is 0 Å². The van der Waals surface area contributed by atoms with E-state index in [4.69, 9.17) is 14.2 Å². The van der Waals surface area contributed by atoms with E-state index in [0.29, 0.717) is 12.5 Å². The predicted molar refractivity (Wildman–Crippen MR) is 64.4 cm³/mol. The third kappa shape index (κ3) is 3.44. The highest BCUT2D eigenvalue weighted by atomic mass is 16.7. The van der Waals surface area contributed by atoms with Gasteiger partial charge in [0.15, 0.2) is 5.79 Å². The number of rotatable bonds is 6. The largest absolute Gasteiger partial charge is 0.376 e. The van der Waals surface area contributed by atoms with Crippen molar-refractivity contribution in [3.05, 3.63) is 0 Å². The molecule has 3 nitrogen and oxygen atoms in total. The van der Waals surface area contributed by atoms with Crippen molar-refractivity contribution < 1.29 is 14.2 Å². The van der Waals surface area contributed by atoms with Gasteiger partial charge in [-0.15, -0.1) is 0 Å². The van der Waals surface area contributed by atoms with Gasteiger partial charge in [0.2, 0.25) is 0 Å². The monoisotopic (exact) mass is 230 g/mol. The molecule has 1 fully saturated rings. The maximum atomic E-state index is 5.89. The molecule has 0 spiro atoms. The maximum Gasteiger partial charge on any atom is 0.168 e. The van der Waals surface area contributed by atoms with E-state index in [-0.39, 0.29) is 11.9 Å². The topological polar surface area (TPSA) is 27.7 Å². The van der Waals surface area contributed by atoms with Crippen molar-refractivity contribution >= 4 is 0 Å². The van der Waals surface area contributed by atoms with Crippen LogP contribution in [0.15, 0.2) is 0 Å². The summed E-state index contributed by atoms with van der Waals surface area (Å²) in [6.07, 6.45) is 4.29. The Morgan fingerprint density at radius 3 is 2.56 bits per heavy atom. The van der Waals surface area contributed by atoms with Crippen molar-refractivity contribution in [3.63, 3.8) is 0 Å². The van der Waals surface area contributed by atoms with Crippen molar-refractivity contribution in [2.24, 2.45) is 5.92 Å². The van der Waals surface area contributed by atoms with E-state index in [0.717, 1.165) is 32.3 Å². The molecule has 3 heteroatoms. The van der Waals surface area contributed by atoms with Gasteiger partial charge in [0.1, 0.15) is 0 Å². The zero-order chi connectivity index (χ0) is 12.0. The first-order chi connectivity index (χ1) is 7.67. The second kappa shape index (κ2) is 6.58. The molecule has 0 N–H and O–H groups in total. The van der Waals surface area contributed by atoms with Crippen LogP contribution in [0.25, 0.3) is 0 Å². The van der Waals surface area contributed by atoms with Crippen molar-refractivity contribution in [3.8, 4) is 0 Å². The zero-order valence-corrected chi connectivity index (χ0v) is 11.1. The molecule has 96 valence electrons. The first-order valence-corrected chi connectivity index (χ1v) is 6.48. The highest BCUT2D eigenvalue weighted by Crippen LogP contribution is 2.34. The maximum absolute atomic E-state index is 5.89. The fourth-order valence-electron chi connectivity index (χ4n) is 2.36. The van der Waals surface area contributed by atoms with Gasteiger partial charge in [-0.2, -0.15) is 0 Å². The first-order valence-electron chi connectivity index (χ1n) is 6.48. The van der Waals surface area contributed by atoms with Crippen LogP contribution in [0.3, 0.4) is 0 Å². The summed E-state index contributed by atoms with van der Waals surface area (Å²) in [5.74, 6) is 0.145. The van der Waals surface area contributed by atoms with Gasteiger partial charge in [0, 0.05) is 26.6 Å². The van der Waals surface area contributed by atoms with Crippen LogP contribution >= 0.6 is 0 Å². The molecule has 0 aromatic carbocycles. The van der Waals surface area contributed by atoms with Crippen molar-refractivity contribution in [2.45, 2.75) is 58.3 Å². The van der Waals surface area contributed by atoms with E-state index in [9.17, 15) is 0 Å². The summed E-state index contributed by atoms with van der Waals surface area (Å²) in [5, 5.41) is 0. The number of ether oxygens (including phenoxy) is 3. The van der Waals surface area contributed by atoms with Gasteiger partial charge in [-0.05, 0) is 12.3 Å². The lowest BCUT2D eigenvalue weighted by Gasteiger charge is -2.42. The number of hydrogen-bond donors (Lipinski definition) is 0. The average molecular weight is 230 g/mol. The Bertz CT molecular complexity index is 196. The van der Waals surface area contributed by atoms with Gasteiger partial charge in [-0.25, -0.2) is 0 Å². The molecule has 0 aromatic heterocycles. The van der Waals surface area contributed by atoms with Crippen LogP contribution in [0.1, 0.15) is 46.5 Å². The normalized spacial score (nSPS) is 35.2. The molecular formula is C13H26O3. The van der Waals surface area contributed by atoms with Gasteiger partial charge < -0.3 is 14.2 Å². The predicted octanol–water partition coefficient (Wildman–Crippen LogP) is 2.98. The molecule has 0 aromatic rings. The molecule has 1 saturated heterocycles. The fourth-order valence-corrected chi connectivity index (χ4v) is 2.36. The molecule has 1 aliphatic heterocycles. The van der Waals surface area contributed by atoms with Crippen molar-refractivity contribution in [1.82, 2.24) is 0 Å². The summed E-state index contributed by atoms with van der Waals surface area (Å²) < 4.78 is 17.2. The van der Waals surface area contributed by atoms with Crippen molar-refractivity contribution in [2.75, 3.05) is 20.3 Å². The Balaban J connectivity index is 2.48. The Morgan fingerprint density at radius 2 is 2.06 bits per heavy atom. The zero-order valence-electron chi connectivity index (χ0n) is 11.1. The van der Waals surface area contributed by atoms with E-state index in [2.05, 4.69) is 20.8 Å². The van der Waals surface area contributed by atoms with Gasteiger partial charge in [0.25, 0.3) is 0 Å². The van der Waals surface area contributed by atoms with Crippen molar-refractivity contribution in [1.29, 1.82) is 0 Å². The molecule has 2 unspecified atom stereocenters. The lowest BCUT2D eigenvalue weighted by molar-refractivity contribution is -0.279. The first kappa shape index (κ1) is 13.9. The third-order valence-electron chi connectivity index (χ3n) is 3.32. The summed E-state index contributed by atoms with van der Waals surface area (Å²) in [4.78, 5) is 0. The average Bonchev–Trinajstić information content (AvgIpc) is 2.28. The summed E-state index contributed by atoms with van der Waals surface area (Å²) in [6.45, 7) is 8.01. The number of methoxy groups -OCH3 is 1. The van der Waals surface area contributed by atoms with Gasteiger partial charge >= 0.3 is 0 Å². The molecule has 0 saturated carbocycles. The summed E-state index contributed by atoms with van der Waals surface area (Å²) in [5.41, 5.74) is 0. The highest BCUT2D eigenvalue weighted by molar-refractivity contribution is 4.82. The van der Waals surface area contributed by atoms with Crippen LogP contribution in [0, 0.1) is 5.92 Å². The molecule has 0 amide bonds. The molecule has 3 atom stereocenters. The smallest absolute Gasteiger partial charge is 0.168 e. The number of hydrogen-bond acceptors (Lipinski definition) is 3. The van der Waals surface area contributed by atoms with Crippen LogP contribution in [-0.2, 0) is 14.2 Å². The molecule has 0 aliphatic carbocycles. The molecular weight excluding hydrogens is 204 g/mol.